The summed E-state index contributed by atoms with van der Waals surface area (Å²) >= 11 is 0. The van der Waals surface area contributed by atoms with Gasteiger partial charge in [0.25, 0.3) is 5.91 Å². The number of aromatic nitrogens is 2. The highest BCUT2D eigenvalue weighted by atomic mass is 32.2. The molecular formula is C14H16N4O4S. The molecule has 0 saturated heterocycles. The number of amides is 1. The number of nitrogens with two attached hydrogens (primary N) is 1. The zero-order valence-electron chi connectivity index (χ0n) is 12.3. The smallest absolute Gasteiger partial charge is 0.255 e. The molecule has 0 saturated carbocycles. The van der Waals surface area contributed by atoms with E-state index in [4.69, 9.17) is 10.5 Å². The fourth-order valence-electron chi connectivity index (χ4n) is 2.38. The topological polar surface area (TPSA) is 108 Å². The average molecular weight is 336 g/mol. The Kier molecular flexibility index (Phi) is 4.05. The molecule has 1 aliphatic heterocycles. The molecule has 1 aromatic heterocycles. The van der Waals surface area contributed by atoms with Gasteiger partial charge in [-0.05, 0) is 30.3 Å². The Bertz CT molecular complexity index is 814. The summed E-state index contributed by atoms with van der Waals surface area (Å²) in [6, 6.07) is 7.73. The van der Waals surface area contributed by atoms with E-state index in [1.165, 1.54) is 28.6 Å². The summed E-state index contributed by atoms with van der Waals surface area (Å²) in [7, 11) is -3.59. The van der Waals surface area contributed by atoms with Gasteiger partial charge in [-0.15, -0.1) is 0 Å². The maximum absolute atomic E-state index is 12.7. The second-order valence-corrected chi connectivity index (χ2v) is 7.05. The van der Waals surface area contributed by atoms with Crippen molar-refractivity contribution in [3.8, 4) is 5.75 Å². The van der Waals surface area contributed by atoms with Crippen molar-refractivity contribution in [1.82, 2.24) is 14.1 Å². The Morgan fingerprint density at radius 2 is 1.96 bits per heavy atom. The first-order chi connectivity index (χ1) is 11.0. The van der Waals surface area contributed by atoms with Gasteiger partial charge < -0.3 is 10.5 Å². The first kappa shape index (κ1) is 15.5. The molecular weight excluding hydrogens is 320 g/mol. The molecule has 0 spiro atoms. The fourth-order valence-corrected chi connectivity index (χ4v) is 3.78. The Labute approximate surface area is 133 Å². The third kappa shape index (κ3) is 3.20. The van der Waals surface area contributed by atoms with E-state index in [0.29, 0.717) is 25.4 Å². The van der Waals surface area contributed by atoms with E-state index >= 15 is 0 Å². The van der Waals surface area contributed by atoms with Crippen molar-refractivity contribution in [1.29, 1.82) is 0 Å². The Balaban J connectivity index is 1.76. The van der Waals surface area contributed by atoms with E-state index in [9.17, 15) is 13.2 Å². The highest BCUT2D eigenvalue weighted by Gasteiger charge is 2.28. The van der Waals surface area contributed by atoms with Crippen LogP contribution in [0.3, 0.4) is 0 Å². The monoisotopic (exact) mass is 336 g/mol. The maximum Gasteiger partial charge on any atom is 0.255 e. The zero-order valence-corrected chi connectivity index (χ0v) is 13.1. The first-order valence-electron chi connectivity index (χ1n) is 6.99. The van der Waals surface area contributed by atoms with Gasteiger partial charge in [0.05, 0.1) is 23.7 Å². The van der Waals surface area contributed by atoms with Crippen LogP contribution in [0, 0.1) is 0 Å². The Morgan fingerprint density at radius 1 is 1.22 bits per heavy atom. The number of nitrogens with zero attached hydrogens (tertiary/aromatic N) is 3. The van der Waals surface area contributed by atoms with Crippen molar-refractivity contribution in [3.63, 3.8) is 0 Å². The van der Waals surface area contributed by atoms with Gasteiger partial charge in [0, 0.05) is 12.7 Å². The Morgan fingerprint density at radius 3 is 2.65 bits per heavy atom. The summed E-state index contributed by atoms with van der Waals surface area (Å²) in [5.74, 6) is -0.203. The number of fused-ring (bicyclic) bond motifs is 1. The van der Waals surface area contributed by atoms with Crippen molar-refractivity contribution in [3.05, 3.63) is 42.2 Å². The van der Waals surface area contributed by atoms with Crippen LogP contribution in [0.2, 0.25) is 0 Å². The van der Waals surface area contributed by atoms with E-state index < -0.39 is 15.9 Å². The number of benzene rings is 1. The molecule has 3 rings (SSSR count). The molecule has 1 aliphatic rings. The summed E-state index contributed by atoms with van der Waals surface area (Å²) in [4.78, 5) is 10.8. The van der Waals surface area contributed by atoms with Gasteiger partial charge in [0.2, 0.25) is 10.0 Å². The minimum Gasteiger partial charge on any atom is -0.484 e. The average Bonchev–Trinajstić information content (AvgIpc) is 3.01. The Hall–Kier alpha value is -2.39. The van der Waals surface area contributed by atoms with Crippen LogP contribution in [0.5, 0.6) is 5.75 Å². The summed E-state index contributed by atoms with van der Waals surface area (Å²) in [6.45, 7) is 0.947. The number of primary amides is 1. The second kappa shape index (κ2) is 6.01. The third-order valence-corrected chi connectivity index (χ3v) is 5.41. The summed E-state index contributed by atoms with van der Waals surface area (Å²) in [5, 5.41) is 4.13. The predicted octanol–water partition coefficient (Wildman–Crippen LogP) is -0.0483. The number of hydrogen-bond donors (Lipinski definition) is 1. The highest BCUT2D eigenvalue weighted by Crippen LogP contribution is 2.23. The van der Waals surface area contributed by atoms with Crippen LogP contribution in [0.25, 0.3) is 0 Å². The minimum absolute atomic E-state index is 0.178. The molecule has 0 aliphatic carbocycles. The van der Waals surface area contributed by atoms with Crippen molar-refractivity contribution < 1.29 is 17.9 Å². The molecule has 2 N–H and O–H groups in total. The molecule has 0 bridgehead atoms. The van der Waals surface area contributed by atoms with Crippen molar-refractivity contribution in [2.24, 2.45) is 5.73 Å². The van der Waals surface area contributed by atoms with Crippen molar-refractivity contribution in [2.45, 2.75) is 18.0 Å². The third-order valence-electron chi connectivity index (χ3n) is 3.55. The van der Waals surface area contributed by atoms with Crippen LogP contribution >= 0.6 is 0 Å². The molecule has 2 heterocycles. The maximum atomic E-state index is 12.7. The molecule has 0 unspecified atom stereocenters. The predicted molar refractivity (Wildman–Crippen MR) is 81.0 cm³/mol. The molecule has 122 valence electrons. The second-order valence-electron chi connectivity index (χ2n) is 5.11. The van der Waals surface area contributed by atoms with E-state index in [1.807, 2.05) is 6.07 Å². The highest BCUT2D eigenvalue weighted by molar-refractivity contribution is 7.89. The molecule has 9 heteroatoms. The van der Waals surface area contributed by atoms with Gasteiger partial charge in [-0.2, -0.15) is 9.40 Å². The lowest BCUT2D eigenvalue weighted by molar-refractivity contribution is -0.119. The van der Waals surface area contributed by atoms with E-state index in [-0.39, 0.29) is 11.5 Å². The molecule has 1 amide bonds. The van der Waals surface area contributed by atoms with Crippen LogP contribution in [0.1, 0.15) is 5.69 Å². The molecule has 23 heavy (non-hydrogen) atoms. The van der Waals surface area contributed by atoms with Crippen molar-refractivity contribution >= 4 is 15.9 Å². The van der Waals surface area contributed by atoms with Crippen LogP contribution in [-0.4, -0.2) is 41.6 Å². The molecule has 0 fully saturated rings. The zero-order chi connectivity index (χ0) is 16.4. The van der Waals surface area contributed by atoms with Crippen LogP contribution in [0.15, 0.2) is 41.4 Å². The first-order valence-corrected chi connectivity index (χ1v) is 8.43. The summed E-state index contributed by atoms with van der Waals surface area (Å²) in [5.41, 5.74) is 5.86. The van der Waals surface area contributed by atoms with Gasteiger partial charge in [-0.1, -0.05) is 0 Å². The lowest BCUT2D eigenvalue weighted by Gasteiger charge is -2.27. The van der Waals surface area contributed by atoms with Gasteiger partial charge in [-0.25, -0.2) is 8.42 Å². The van der Waals surface area contributed by atoms with Gasteiger partial charge in [0.15, 0.2) is 6.61 Å². The van der Waals surface area contributed by atoms with Crippen molar-refractivity contribution in [2.75, 3.05) is 13.2 Å². The lowest BCUT2D eigenvalue weighted by Crippen LogP contribution is -2.38. The van der Waals surface area contributed by atoms with E-state index in [0.717, 1.165) is 5.69 Å². The molecule has 0 atom stereocenters. The standard InChI is InChI=1S/C14H16N4O4S/c15-14(19)10-22-12-1-3-13(4-2-12)23(20,21)17-7-8-18-11(9-17)5-6-16-18/h1-6H,7-10H2,(H2,15,19). The SMILES string of the molecule is NC(=O)COc1ccc(S(=O)(=O)N2CCn3nccc3C2)cc1. The lowest BCUT2D eigenvalue weighted by atomic mass is 10.3. The van der Waals surface area contributed by atoms with Crippen LogP contribution in [0.4, 0.5) is 0 Å². The van der Waals surface area contributed by atoms with E-state index in [2.05, 4.69) is 5.10 Å². The van der Waals surface area contributed by atoms with E-state index in [1.54, 1.807) is 10.9 Å². The molecule has 8 nitrogen and oxygen atoms in total. The number of carbonyl (C=O) groups excluding carboxylic acids is 1. The summed E-state index contributed by atoms with van der Waals surface area (Å²) in [6.07, 6.45) is 1.66. The van der Waals surface area contributed by atoms with Gasteiger partial charge >= 0.3 is 0 Å². The number of sulfonamides is 1. The normalized spacial score (nSPS) is 15.1. The number of hydrogen-bond acceptors (Lipinski definition) is 5. The largest absolute Gasteiger partial charge is 0.484 e. The molecule has 2 aromatic rings. The minimum atomic E-state index is -3.59. The van der Waals surface area contributed by atoms with Gasteiger partial charge in [0.1, 0.15) is 5.75 Å². The number of carbonyl (C=O) groups is 1. The van der Waals surface area contributed by atoms with Crippen LogP contribution < -0.4 is 10.5 Å². The fraction of sp³-hybridized carbons (Fsp3) is 0.286. The summed E-state index contributed by atoms with van der Waals surface area (Å²) < 4.78 is 33.7. The van der Waals surface area contributed by atoms with Gasteiger partial charge in [-0.3, -0.25) is 9.48 Å². The molecule has 1 aromatic carbocycles. The quantitative estimate of drug-likeness (QED) is 0.824. The molecule has 0 radical (unpaired) electrons. The number of ether oxygens (including phenoxy) is 1. The number of rotatable bonds is 5. The van der Waals surface area contributed by atoms with Crippen LogP contribution in [-0.2, 0) is 27.9 Å².